The van der Waals surface area contributed by atoms with Crippen molar-refractivity contribution < 1.29 is 4.65 Å². The van der Waals surface area contributed by atoms with Crippen molar-refractivity contribution >= 4 is 18.7 Å². The van der Waals surface area contributed by atoms with E-state index < -0.39 is 0 Å². The van der Waals surface area contributed by atoms with Gasteiger partial charge >= 0.3 is 6.92 Å². The van der Waals surface area contributed by atoms with Gasteiger partial charge in [-0.3, -0.25) is 0 Å². The highest BCUT2D eigenvalue weighted by molar-refractivity contribution is 8.04. The lowest BCUT2D eigenvalue weighted by atomic mass is 9.53. The summed E-state index contributed by atoms with van der Waals surface area (Å²) in [5.74, 6) is 1.35. The fraction of sp³-hybridized carbons (Fsp3) is 0.867. The second-order valence-electron chi connectivity index (χ2n) is 5.83. The van der Waals surface area contributed by atoms with Crippen molar-refractivity contribution in [2.75, 3.05) is 0 Å². The summed E-state index contributed by atoms with van der Waals surface area (Å²) in [6.45, 7) is 16.0. The Morgan fingerprint density at radius 1 is 1.17 bits per heavy atom. The van der Waals surface area contributed by atoms with Gasteiger partial charge < -0.3 is 4.65 Å². The van der Waals surface area contributed by atoms with Crippen molar-refractivity contribution in [3.63, 3.8) is 0 Å². The molecule has 0 N–H and O–H groups in total. The predicted octanol–water partition coefficient (Wildman–Crippen LogP) is 5.74. The van der Waals surface area contributed by atoms with E-state index in [1.165, 1.54) is 32.1 Å². The zero-order valence-corrected chi connectivity index (χ0v) is 13.6. The van der Waals surface area contributed by atoms with Crippen LogP contribution in [0.5, 0.6) is 0 Å². The van der Waals surface area contributed by atoms with Crippen LogP contribution in [-0.4, -0.2) is 11.7 Å². The summed E-state index contributed by atoms with van der Waals surface area (Å²) >= 11 is 1.87. The SMILES string of the molecule is C=C(OB1[C@@H](C)CC[C@@H]1C)SC(CC)(CC)CC. The summed E-state index contributed by atoms with van der Waals surface area (Å²) in [5, 5.41) is 0.936. The van der Waals surface area contributed by atoms with Gasteiger partial charge in [0.05, 0.1) is 0 Å². The van der Waals surface area contributed by atoms with Gasteiger partial charge in [-0.05, 0) is 30.9 Å². The molecule has 1 rings (SSSR count). The van der Waals surface area contributed by atoms with E-state index in [0.717, 1.165) is 5.09 Å². The monoisotopic (exact) mass is 268 g/mol. The number of thioether (sulfide) groups is 1. The quantitative estimate of drug-likeness (QED) is 0.430. The third-order valence-electron chi connectivity index (χ3n) is 4.73. The first-order valence-corrected chi connectivity index (χ1v) is 8.34. The molecule has 1 aliphatic heterocycles. The Hall–Kier alpha value is -0.0451. The van der Waals surface area contributed by atoms with E-state index in [1.807, 2.05) is 11.8 Å². The van der Waals surface area contributed by atoms with Gasteiger partial charge in [0.25, 0.3) is 0 Å². The fourth-order valence-corrected chi connectivity index (χ4v) is 4.11. The molecule has 1 nitrogen and oxygen atoms in total. The van der Waals surface area contributed by atoms with Gasteiger partial charge in [0, 0.05) is 4.75 Å². The number of hydrogen-bond donors (Lipinski definition) is 0. The Balaban J connectivity index is 2.55. The molecule has 0 aromatic rings. The third-order valence-corrected chi connectivity index (χ3v) is 6.35. The van der Waals surface area contributed by atoms with E-state index in [0.29, 0.717) is 23.3 Å². The van der Waals surface area contributed by atoms with Crippen LogP contribution in [0.1, 0.15) is 66.7 Å². The van der Waals surface area contributed by atoms with Gasteiger partial charge in [0.1, 0.15) is 5.09 Å². The van der Waals surface area contributed by atoms with E-state index in [2.05, 4.69) is 41.2 Å². The lowest BCUT2D eigenvalue weighted by Gasteiger charge is -2.31. The van der Waals surface area contributed by atoms with Crippen molar-refractivity contribution in [3.8, 4) is 0 Å². The summed E-state index contributed by atoms with van der Waals surface area (Å²) < 4.78 is 6.49. The Bertz CT molecular complexity index is 257. The maximum absolute atomic E-state index is 6.17. The molecule has 0 saturated carbocycles. The summed E-state index contributed by atoms with van der Waals surface area (Å²) in [6.07, 6.45) is 6.14. The molecule has 0 amide bonds. The van der Waals surface area contributed by atoms with Crippen LogP contribution < -0.4 is 0 Å². The van der Waals surface area contributed by atoms with Crippen LogP contribution >= 0.6 is 11.8 Å². The molecule has 104 valence electrons. The highest BCUT2D eigenvalue weighted by Crippen LogP contribution is 2.44. The van der Waals surface area contributed by atoms with Crippen LogP contribution in [0.15, 0.2) is 11.7 Å². The molecule has 1 fully saturated rings. The minimum atomic E-state index is 0.322. The maximum Gasteiger partial charge on any atom is 0.364 e. The lowest BCUT2D eigenvalue weighted by Crippen LogP contribution is -2.25. The number of hydrogen-bond acceptors (Lipinski definition) is 2. The Morgan fingerprint density at radius 2 is 1.61 bits per heavy atom. The molecule has 0 bridgehead atoms. The molecular weight excluding hydrogens is 239 g/mol. The molecule has 0 spiro atoms. The van der Waals surface area contributed by atoms with Gasteiger partial charge in [0.15, 0.2) is 0 Å². The Labute approximate surface area is 118 Å². The second kappa shape index (κ2) is 6.93. The van der Waals surface area contributed by atoms with E-state index in [4.69, 9.17) is 4.65 Å². The normalized spacial score (nSPS) is 24.4. The molecule has 0 aromatic carbocycles. The molecule has 0 unspecified atom stereocenters. The van der Waals surface area contributed by atoms with Crippen molar-refractivity contribution in [2.45, 2.75) is 83.1 Å². The average Bonchev–Trinajstić information content (AvgIpc) is 2.68. The summed E-state index contributed by atoms with van der Waals surface area (Å²) in [7, 11) is 0. The first-order valence-electron chi connectivity index (χ1n) is 7.52. The Morgan fingerprint density at radius 3 is 2.00 bits per heavy atom. The largest absolute Gasteiger partial charge is 0.556 e. The van der Waals surface area contributed by atoms with E-state index in [9.17, 15) is 0 Å². The van der Waals surface area contributed by atoms with Gasteiger partial charge in [-0.2, -0.15) is 0 Å². The molecular formula is C15H29BOS. The van der Waals surface area contributed by atoms with Gasteiger partial charge in [-0.1, -0.05) is 65.8 Å². The zero-order chi connectivity index (χ0) is 13.8. The lowest BCUT2D eigenvalue weighted by molar-refractivity contribution is 0.454. The average molecular weight is 268 g/mol. The van der Waals surface area contributed by atoms with Crippen LogP contribution in [0.2, 0.25) is 11.6 Å². The predicted molar refractivity (Wildman–Crippen MR) is 85.3 cm³/mol. The van der Waals surface area contributed by atoms with Crippen molar-refractivity contribution in [1.82, 2.24) is 0 Å². The first-order chi connectivity index (χ1) is 8.48. The topological polar surface area (TPSA) is 9.23 Å². The van der Waals surface area contributed by atoms with E-state index in [1.54, 1.807) is 0 Å². The molecule has 0 radical (unpaired) electrons. The minimum Gasteiger partial charge on any atom is -0.556 e. The highest BCUT2D eigenvalue weighted by Gasteiger charge is 2.38. The van der Waals surface area contributed by atoms with Crippen LogP contribution in [0.25, 0.3) is 0 Å². The van der Waals surface area contributed by atoms with Crippen LogP contribution in [0.3, 0.4) is 0 Å². The minimum absolute atomic E-state index is 0.322. The van der Waals surface area contributed by atoms with Crippen LogP contribution in [-0.2, 0) is 4.65 Å². The summed E-state index contributed by atoms with van der Waals surface area (Å²) in [4.78, 5) is 0. The smallest absolute Gasteiger partial charge is 0.364 e. The summed E-state index contributed by atoms with van der Waals surface area (Å²) in [5.41, 5.74) is 0. The van der Waals surface area contributed by atoms with E-state index in [-0.39, 0.29) is 0 Å². The van der Waals surface area contributed by atoms with Crippen molar-refractivity contribution in [1.29, 1.82) is 0 Å². The van der Waals surface area contributed by atoms with E-state index >= 15 is 0 Å². The Kier molecular flexibility index (Phi) is 6.16. The van der Waals surface area contributed by atoms with Crippen molar-refractivity contribution in [3.05, 3.63) is 11.7 Å². The molecule has 0 aromatic heterocycles. The van der Waals surface area contributed by atoms with Crippen molar-refractivity contribution in [2.24, 2.45) is 0 Å². The highest BCUT2D eigenvalue weighted by atomic mass is 32.2. The van der Waals surface area contributed by atoms with Gasteiger partial charge in [0.2, 0.25) is 0 Å². The van der Waals surface area contributed by atoms with Crippen LogP contribution in [0.4, 0.5) is 0 Å². The molecule has 2 atom stereocenters. The molecule has 3 heteroatoms. The molecule has 1 saturated heterocycles. The standard InChI is InChI=1S/C15H29BOS/c1-7-15(8-2,9-3)18-14(6)17-16-12(4)10-11-13(16)5/h12-13H,6-11H2,1-5H3/t12-,13-/m0/s1. The van der Waals surface area contributed by atoms with Gasteiger partial charge in [-0.15, -0.1) is 0 Å². The second-order valence-corrected chi connectivity index (χ2v) is 7.36. The molecule has 1 heterocycles. The molecule has 0 aliphatic carbocycles. The zero-order valence-electron chi connectivity index (χ0n) is 12.8. The summed E-state index contributed by atoms with van der Waals surface area (Å²) in [6, 6.07) is 0. The fourth-order valence-electron chi connectivity index (χ4n) is 3.03. The van der Waals surface area contributed by atoms with Crippen LogP contribution in [0, 0.1) is 0 Å². The van der Waals surface area contributed by atoms with Gasteiger partial charge in [-0.25, -0.2) is 0 Å². The number of rotatable bonds is 7. The first kappa shape index (κ1) is 16.0. The molecule has 1 aliphatic rings. The third kappa shape index (κ3) is 3.72. The maximum atomic E-state index is 6.17. The molecule has 18 heavy (non-hydrogen) atoms.